The fraction of sp³-hybridized carbons (Fsp3) is 0.250. The Hall–Kier alpha value is -2.53. The van der Waals surface area contributed by atoms with E-state index < -0.39 is 5.60 Å². The first kappa shape index (κ1) is 18.8. The molecular weight excluding hydrogens is 353 g/mol. The van der Waals surface area contributed by atoms with Gasteiger partial charge in [0.2, 0.25) is 0 Å². The molecule has 0 aliphatic carbocycles. The first-order valence-corrected chi connectivity index (χ1v) is 9.71. The zero-order chi connectivity index (χ0) is 19.4. The van der Waals surface area contributed by atoms with Crippen LogP contribution in [0.25, 0.3) is 0 Å². The lowest BCUT2D eigenvalue weighted by Gasteiger charge is -2.42. The van der Waals surface area contributed by atoms with Gasteiger partial charge in [-0.15, -0.1) is 0 Å². The van der Waals surface area contributed by atoms with Gasteiger partial charge in [0.1, 0.15) is 18.9 Å². The molecule has 2 N–H and O–H groups in total. The molecule has 4 heteroatoms. The molecule has 144 valence electrons. The maximum Gasteiger partial charge on any atom is 0.171 e. The summed E-state index contributed by atoms with van der Waals surface area (Å²) in [5.74, 6) is -0.311. The molecule has 0 amide bonds. The van der Waals surface area contributed by atoms with Crippen molar-refractivity contribution in [1.29, 1.82) is 0 Å². The van der Waals surface area contributed by atoms with Crippen molar-refractivity contribution < 1.29 is 19.1 Å². The molecule has 3 nitrogen and oxygen atoms in total. The molecule has 4 rings (SSSR count). The molecule has 0 saturated carbocycles. The van der Waals surface area contributed by atoms with Crippen LogP contribution in [-0.2, 0) is 10.3 Å². The zero-order valence-corrected chi connectivity index (χ0v) is 15.7. The monoisotopic (exact) mass is 378 g/mol. The van der Waals surface area contributed by atoms with Crippen LogP contribution in [0.1, 0.15) is 22.7 Å². The van der Waals surface area contributed by atoms with Gasteiger partial charge in [0.25, 0.3) is 0 Å². The van der Waals surface area contributed by atoms with Crippen LogP contribution in [0.15, 0.2) is 84.9 Å². The second-order valence-electron chi connectivity index (χ2n) is 7.25. The third kappa shape index (κ3) is 3.59. The van der Waals surface area contributed by atoms with Crippen LogP contribution in [0, 0.1) is 5.82 Å². The van der Waals surface area contributed by atoms with Gasteiger partial charge in [-0.1, -0.05) is 72.8 Å². The maximum atomic E-state index is 13.7. The third-order valence-electron chi connectivity index (χ3n) is 5.59. The molecule has 28 heavy (non-hydrogen) atoms. The smallest absolute Gasteiger partial charge is 0.171 e. The van der Waals surface area contributed by atoms with Crippen molar-refractivity contribution >= 4 is 0 Å². The minimum atomic E-state index is -1.30. The van der Waals surface area contributed by atoms with Crippen molar-refractivity contribution in [2.75, 3.05) is 26.3 Å². The van der Waals surface area contributed by atoms with Gasteiger partial charge in [-0.25, -0.2) is 4.39 Å². The van der Waals surface area contributed by atoms with Gasteiger partial charge in [-0.2, -0.15) is 0 Å². The largest absolute Gasteiger partial charge is 0.374 e. The van der Waals surface area contributed by atoms with Gasteiger partial charge in [-0.3, -0.25) is 0 Å². The Labute approximate surface area is 165 Å². The molecular formula is C24H25FNO2+. The Morgan fingerprint density at radius 1 is 0.786 bits per heavy atom. The number of ether oxygens (including phenoxy) is 1. The summed E-state index contributed by atoms with van der Waals surface area (Å²) < 4.78 is 19.2. The van der Waals surface area contributed by atoms with Crippen molar-refractivity contribution in [1.82, 2.24) is 0 Å². The van der Waals surface area contributed by atoms with Crippen LogP contribution >= 0.6 is 0 Å². The Kier molecular flexibility index (Phi) is 5.53. The number of benzene rings is 3. The third-order valence-corrected chi connectivity index (χ3v) is 5.59. The molecule has 3 aromatic rings. The lowest BCUT2D eigenvalue weighted by Crippen LogP contribution is -3.15. The molecule has 1 saturated heterocycles. The molecule has 2 atom stereocenters. The van der Waals surface area contributed by atoms with E-state index in [1.165, 1.54) is 17.0 Å². The van der Waals surface area contributed by atoms with Crippen LogP contribution in [0.3, 0.4) is 0 Å². The standard InChI is InChI=1S/C24H24FNO2/c25-22-13-11-21(12-14-22)24(27,20-9-5-2-6-10-20)23(19-7-3-1-4-8-19)26-15-17-28-18-16-26/h1-14,23,27H,15-18H2/p+1. The van der Waals surface area contributed by atoms with E-state index in [4.69, 9.17) is 4.74 Å². The summed E-state index contributed by atoms with van der Waals surface area (Å²) in [6.07, 6.45) is 0. The zero-order valence-electron chi connectivity index (χ0n) is 15.7. The Bertz CT molecular complexity index is 879. The Morgan fingerprint density at radius 2 is 1.32 bits per heavy atom. The van der Waals surface area contributed by atoms with Crippen molar-refractivity contribution in [3.63, 3.8) is 0 Å². The topological polar surface area (TPSA) is 33.9 Å². The minimum absolute atomic E-state index is 0.245. The summed E-state index contributed by atoms with van der Waals surface area (Å²) in [7, 11) is 0. The summed E-state index contributed by atoms with van der Waals surface area (Å²) >= 11 is 0. The van der Waals surface area contributed by atoms with Crippen LogP contribution < -0.4 is 4.90 Å². The van der Waals surface area contributed by atoms with E-state index in [1.54, 1.807) is 12.1 Å². The second-order valence-corrected chi connectivity index (χ2v) is 7.25. The van der Waals surface area contributed by atoms with E-state index >= 15 is 0 Å². The molecule has 0 spiro atoms. The quantitative estimate of drug-likeness (QED) is 0.716. The molecule has 0 bridgehead atoms. The maximum absolute atomic E-state index is 13.7. The summed E-state index contributed by atoms with van der Waals surface area (Å²) in [5.41, 5.74) is 1.24. The Balaban J connectivity index is 1.92. The number of hydrogen-bond acceptors (Lipinski definition) is 2. The summed E-state index contributed by atoms with van der Waals surface area (Å²) in [5, 5.41) is 12.3. The minimum Gasteiger partial charge on any atom is -0.374 e. The highest BCUT2D eigenvalue weighted by Gasteiger charge is 2.47. The lowest BCUT2D eigenvalue weighted by molar-refractivity contribution is -0.946. The van der Waals surface area contributed by atoms with Gasteiger partial charge >= 0.3 is 0 Å². The second kappa shape index (κ2) is 8.23. The molecule has 2 unspecified atom stereocenters. The van der Waals surface area contributed by atoms with Gasteiger partial charge in [0.05, 0.1) is 13.2 Å². The number of morpholine rings is 1. The average molecular weight is 378 g/mol. The van der Waals surface area contributed by atoms with E-state index in [2.05, 4.69) is 12.1 Å². The van der Waals surface area contributed by atoms with Crippen LogP contribution in [0.4, 0.5) is 4.39 Å². The van der Waals surface area contributed by atoms with E-state index in [0.29, 0.717) is 18.8 Å². The van der Waals surface area contributed by atoms with Gasteiger partial charge in [0, 0.05) is 5.56 Å². The normalized spacial score (nSPS) is 18.4. The predicted molar refractivity (Wildman–Crippen MR) is 107 cm³/mol. The van der Waals surface area contributed by atoms with Crippen LogP contribution in [0.5, 0.6) is 0 Å². The first-order valence-electron chi connectivity index (χ1n) is 9.71. The molecule has 1 fully saturated rings. The SMILES string of the molecule is OC(c1ccccc1)(c1ccc(F)cc1)C(c1ccccc1)[NH+]1CCOCC1. The number of halogens is 1. The van der Waals surface area contributed by atoms with E-state index in [0.717, 1.165) is 24.2 Å². The molecule has 1 aliphatic heterocycles. The first-order chi connectivity index (χ1) is 13.7. The number of hydrogen-bond donors (Lipinski definition) is 2. The highest BCUT2D eigenvalue weighted by atomic mass is 19.1. The Morgan fingerprint density at radius 3 is 1.93 bits per heavy atom. The average Bonchev–Trinajstić information content (AvgIpc) is 2.76. The van der Waals surface area contributed by atoms with Crippen molar-refractivity contribution in [2.24, 2.45) is 0 Å². The molecule has 0 aromatic heterocycles. The van der Waals surface area contributed by atoms with Crippen molar-refractivity contribution in [3.8, 4) is 0 Å². The van der Waals surface area contributed by atoms with Crippen molar-refractivity contribution in [2.45, 2.75) is 11.6 Å². The fourth-order valence-corrected chi connectivity index (χ4v) is 4.24. The van der Waals surface area contributed by atoms with E-state index in [-0.39, 0.29) is 11.9 Å². The van der Waals surface area contributed by atoms with Crippen molar-refractivity contribution in [3.05, 3.63) is 107 Å². The number of quaternary nitrogens is 1. The molecule has 1 aliphatic rings. The predicted octanol–water partition coefficient (Wildman–Crippen LogP) is 2.72. The lowest BCUT2D eigenvalue weighted by atomic mass is 9.76. The van der Waals surface area contributed by atoms with Crippen LogP contribution in [0.2, 0.25) is 0 Å². The summed E-state index contributed by atoms with van der Waals surface area (Å²) in [6.45, 7) is 2.92. The molecule has 3 aromatic carbocycles. The number of nitrogens with one attached hydrogen (secondary N) is 1. The van der Waals surface area contributed by atoms with E-state index in [1.807, 2.05) is 48.5 Å². The number of aliphatic hydroxyl groups is 1. The van der Waals surface area contributed by atoms with Gasteiger partial charge in [0.15, 0.2) is 11.6 Å². The number of rotatable bonds is 5. The van der Waals surface area contributed by atoms with Gasteiger partial charge in [-0.05, 0) is 23.3 Å². The highest BCUT2D eigenvalue weighted by molar-refractivity contribution is 5.40. The highest BCUT2D eigenvalue weighted by Crippen LogP contribution is 2.39. The summed E-state index contributed by atoms with van der Waals surface area (Å²) in [6, 6.07) is 25.8. The molecule has 0 radical (unpaired) electrons. The summed E-state index contributed by atoms with van der Waals surface area (Å²) in [4.78, 5) is 1.26. The fourth-order valence-electron chi connectivity index (χ4n) is 4.24. The molecule has 1 heterocycles. The van der Waals surface area contributed by atoms with Crippen LogP contribution in [-0.4, -0.2) is 31.4 Å². The van der Waals surface area contributed by atoms with E-state index in [9.17, 15) is 9.50 Å². The van der Waals surface area contributed by atoms with Gasteiger partial charge < -0.3 is 14.7 Å².